The molecule has 0 aliphatic rings. The normalized spacial score (nSPS) is 10.9. The zero-order chi connectivity index (χ0) is 15.6. The second-order valence-corrected chi connectivity index (χ2v) is 3.89. The van der Waals surface area contributed by atoms with Crippen LogP contribution in [0.5, 0.6) is 5.75 Å². The number of rotatable bonds is 5. The van der Waals surface area contributed by atoms with Crippen LogP contribution in [0.25, 0.3) is 0 Å². The van der Waals surface area contributed by atoms with Crippen LogP contribution in [0.15, 0.2) is 24.5 Å². The second-order valence-electron chi connectivity index (χ2n) is 3.89. The van der Waals surface area contributed by atoms with Crippen molar-refractivity contribution in [1.82, 2.24) is 9.55 Å². The Morgan fingerprint density at radius 2 is 1.95 bits per heavy atom. The van der Waals surface area contributed by atoms with Crippen LogP contribution >= 0.6 is 0 Å². The molecule has 0 aliphatic carbocycles. The zero-order valence-electron chi connectivity index (χ0n) is 10.3. The van der Waals surface area contributed by atoms with Gasteiger partial charge < -0.3 is 9.84 Å². The standard InChI is InChI=1S/C12H8F4N2O3/c13-7-3-6(11(19)20)4-8(14)10(7)21-5-9-17-1-2-18(9)12(15)16/h1-4,12H,5H2,(H,19,20). The molecule has 9 heteroatoms. The number of hydrogen-bond acceptors (Lipinski definition) is 3. The van der Waals surface area contributed by atoms with Crippen molar-refractivity contribution < 1.29 is 32.2 Å². The Bertz CT molecular complexity index is 649. The van der Waals surface area contributed by atoms with Gasteiger partial charge in [0.15, 0.2) is 23.2 Å². The van der Waals surface area contributed by atoms with Crippen molar-refractivity contribution in [1.29, 1.82) is 0 Å². The van der Waals surface area contributed by atoms with Gasteiger partial charge in [-0.25, -0.2) is 18.6 Å². The lowest BCUT2D eigenvalue weighted by atomic mass is 10.2. The van der Waals surface area contributed by atoms with Gasteiger partial charge >= 0.3 is 12.5 Å². The van der Waals surface area contributed by atoms with Gasteiger partial charge in [-0.1, -0.05) is 0 Å². The van der Waals surface area contributed by atoms with Gasteiger partial charge in [0.25, 0.3) is 0 Å². The number of hydrogen-bond donors (Lipinski definition) is 1. The summed E-state index contributed by atoms with van der Waals surface area (Å²) in [7, 11) is 0. The molecule has 0 saturated heterocycles. The summed E-state index contributed by atoms with van der Waals surface area (Å²) in [6.07, 6.45) is 2.08. The summed E-state index contributed by atoms with van der Waals surface area (Å²) in [5.74, 6) is -5.09. The maximum absolute atomic E-state index is 13.6. The molecule has 2 rings (SSSR count). The topological polar surface area (TPSA) is 64.3 Å². The lowest BCUT2D eigenvalue weighted by Gasteiger charge is -2.10. The molecule has 0 aliphatic heterocycles. The minimum atomic E-state index is -2.87. The smallest absolute Gasteiger partial charge is 0.335 e. The molecule has 0 spiro atoms. The number of aromatic carboxylic acids is 1. The number of carboxylic acid groups (broad SMARTS) is 1. The Kier molecular flexibility index (Phi) is 4.10. The number of aromatic nitrogens is 2. The molecule has 2 aromatic rings. The summed E-state index contributed by atoms with van der Waals surface area (Å²) >= 11 is 0. The van der Waals surface area contributed by atoms with Crippen LogP contribution in [0.3, 0.4) is 0 Å². The van der Waals surface area contributed by atoms with E-state index in [0.717, 1.165) is 12.4 Å². The zero-order valence-corrected chi connectivity index (χ0v) is 10.3. The van der Waals surface area contributed by atoms with Crippen molar-refractivity contribution in [3.05, 3.63) is 47.5 Å². The first-order chi connectivity index (χ1) is 9.90. The van der Waals surface area contributed by atoms with Gasteiger partial charge in [0.1, 0.15) is 6.61 Å². The van der Waals surface area contributed by atoms with Crippen LogP contribution in [0.4, 0.5) is 17.6 Å². The summed E-state index contributed by atoms with van der Waals surface area (Å²) in [6.45, 7) is -3.47. The molecule has 0 unspecified atom stereocenters. The lowest BCUT2D eigenvalue weighted by Crippen LogP contribution is -2.09. The molecule has 1 heterocycles. The molecule has 0 saturated carbocycles. The van der Waals surface area contributed by atoms with E-state index >= 15 is 0 Å². The van der Waals surface area contributed by atoms with E-state index in [0.29, 0.717) is 16.7 Å². The monoisotopic (exact) mass is 304 g/mol. The van der Waals surface area contributed by atoms with E-state index in [2.05, 4.69) is 4.98 Å². The van der Waals surface area contributed by atoms with Gasteiger partial charge in [-0.05, 0) is 12.1 Å². The second kappa shape index (κ2) is 5.81. The van der Waals surface area contributed by atoms with Crippen LogP contribution in [0, 0.1) is 11.6 Å². The largest absolute Gasteiger partial charge is 0.480 e. The van der Waals surface area contributed by atoms with Gasteiger partial charge in [0.2, 0.25) is 0 Å². The van der Waals surface area contributed by atoms with Crippen molar-refractivity contribution >= 4 is 5.97 Å². The van der Waals surface area contributed by atoms with E-state index < -0.39 is 42.1 Å². The van der Waals surface area contributed by atoms with Crippen LogP contribution in [-0.2, 0) is 6.61 Å². The van der Waals surface area contributed by atoms with Gasteiger partial charge in [-0.3, -0.25) is 4.57 Å². The lowest BCUT2D eigenvalue weighted by molar-refractivity contribution is 0.0627. The number of carbonyl (C=O) groups is 1. The third-order valence-corrected chi connectivity index (χ3v) is 2.55. The van der Waals surface area contributed by atoms with Gasteiger partial charge in [0, 0.05) is 12.4 Å². The van der Waals surface area contributed by atoms with Crippen LogP contribution in [0.2, 0.25) is 0 Å². The molecular weight excluding hydrogens is 296 g/mol. The molecule has 0 atom stereocenters. The molecule has 1 aromatic heterocycles. The van der Waals surface area contributed by atoms with Crippen molar-refractivity contribution in [3.8, 4) is 5.75 Å². The highest BCUT2D eigenvalue weighted by atomic mass is 19.3. The highest BCUT2D eigenvalue weighted by Crippen LogP contribution is 2.24. The van der Waals surface area contributed by atoms with Gasteiger partial charge in [0.05, 0.1) is 5.56 Å². The number of nitrogens with zero attached hydrogens (tertiary/aromatic N) is 2. The summed E-state index contributed by atoms with van der Waals surface area (Å²) in [6, 6.07) is 1.14. The Labute approximate surface area is 115 Å². The first kappa shape index (κ1) is 14.8. The first-order valence-corrected chi connectivity index (χ1v) is 5.55. The van der Waals surface area contributed by atoms with E-state index in [1.54, 1.807) is 0 Å². The maximum Gasteiger partial charge on any atom is 0.335 e. The van der Waals surface area contributed by atoms with Crippen molar-refractivity contribution in [2.24, 2.45) is 0 Å². The maximum atomic E-state index is 13.6. The number of halogens is 4. The molecule has 21 heavy (non-hydrogen) atoms. The fourth-order valence-corrected chi connectivity index (χ4v) is 1.59. The molecule has 112 valence electrons. The number of carboxylic acids is 1. The third-order valence-electron chi connectivity index (χ3n) is 2.55. The predicted octanol–water partition coefficient (Wildman–Crippen LogP) is 2.83. The average molecular weight is 304 g/mol. The minimum absolute atomic E-state index is 0.230. The van der Waals surface area contributed by atoms with Gasteiger partial charge in [-0.15, -0.1) is 0 Å². The quantitative estimate of drug-likeness (QED) is 0.863. The Balaban J connectivity index is 2.20. The molecular formula is C12H8F4N2O3. The van der Waals surface area contributed by atoms with Crippen LogP contribution in [-0.4, -0.2) is 20.6 Å². The van der Waals surface area contributed by atoms with Crippen molar-refractivity contribution in [2.45, 2.75) is 13.2 Å². The number of benzene rings is 1. The van der Waals surface area contributed by atoms with E-state index in [1.165, 1.54) is 0 Å². The van der Waals surface area contributed by atoms with Crippen LogP contribution < -0.4 is 4.74 Å². The summed E-state index contributed by atoms with van der Waals surface area (Å²) in [5, 5.41) is 8.63. The van der Waals surface area contributed by atoms with Crippen molar-refractivity contribution in [3.63, 3.8) is 0 Å². The average Bonchev–Trinajstić information content (AvgIpc) is 2.86. The number of imidazole rings is 1. The SMILES string of the molecule is O=C(O)c1cc(F)c(OCc2nccn2C(F)F)c(F)c1. The fourth-order valence-electron chi connectivity index (χ4n) is 1.59. The first-order valence-electron chi connectivity index (χ1n) is 5.55. The Hall–Kier alpha value is -2.58. The van der Waals surface area contributed by atoms with E-state index in [-0.39, 0.29) is 5.82 Å². The number of ether oxygens (including phenoxy) is 1. The molecule has 1 N–H and O–H groups in total. The summed E-state index contributed by atoms with van der Waals surface area (Å²) in [4.78, 5) is 14.2. The van der Waals surface area contributed by atoms with Crippen LogP contribution in [0.1, 0.15) is 22.7 Å². The highest BCUT2D eigenvalue weighted by molar-refractivity contribution is 5.87. The molecule has 5 nitrogen and oxygen atoms in total. The molecule has 0 amide bonds. The van der Waals surface area contributed by atoms with E-state index in [4.69, 9.17) is 9.84 Å². The molecule has 0 fully saturated rings. The van der Waals surface area contributed by atoms with Gasteiger partial charge in [-0.2, -0.15) is 8.78 Å². The molecule has 1 aromatic carbocycles. The summed E-state index contributed by atoms with van der Waals surface area (Å²) in [5.41, 5.74) is -0.591. The Morgan fingerprint density at radius 1 is 1.33 bits per heavy atom. The fraction of sp³-hybridized carbons (Fsp3) is 0.167. The van der Waals surface area contributed by atoms with Crippen molar-refractivity contribution in [2.75, 3.05) is 0 Å². The summed E-state index contributed by atoms with van der Waals surface area (Å²) < 4.78 is 57.4. The minimum Gasteiger partial charge on any atom is -0.480 e. The number of alkyl halides is 2. The molecule has 0 bridgehead atoms. The predicted molar refractivity (Wildman–Crippen MR) is 61.1 cm³/mol. The Morgan fingerprint density at radius 3 is 2.48 bits per heavy atom. The third kappa shape index (κ3) is 3.12. The molecule has 0 radical (unpaired) electrons. The van der Waals surface area contributed by atoms with E-state index in [9.17, 15) is 22.4 Å². The highest BCUT2D eigenvalue weighted by Gasteiger charge is 2.18. The van der Waals surface area contributed by atoms with E-state index in [1.807, 2.05) is 0 Å².